The normalized spacial score (nSPS) is 11.4. The largest absolute Gasteiger partial charge is 0.282 e. The third-order valence-corrected chi connectivity index (χ3v) is 3.55. The molecule has 0 aliphatic heterocycles. The summed E-state index contributed by atoms with van der Waals surface area (Å²) in [6.07, 6.45) is 5.04. The first kappa shape index (κ1) is 12.6. The highest BCUT2D eigenvalue weighted by molar-refractivity contribution is 5.82. The molecular formula is C15H12N6O. The summed E-state index contributed by atoms with van der Waals surface area (Å²) >= 11 is 0. The van der Waals surface area contributed by atoms with Crippen LogP contribution in [0, 0.1) is 13.8 Å². The molecule has 0 atom stereocenters. The second-order valence-electron chi connectivity index (χ2n) is 5.03. The van der Waals surface area contributed by atoms with Crippen LogP contribution in [-0.2, 0) is 0 Å². The zero-order chi connectivity index (χ0) is 15.3. The Morgan fingerprint density at radius 3 is 2.77 bits per heavy atom. The third-order valence-electron chi connectivity index (χ3n) is 3.55. The fourth-order valence-corrected chi connectivity index (χ4v) is 2.59. The molecule has 22 heavy (non-hydrogen) atoms. The van der Waals surface area contributed by atoms with Crippen molar-refractivity contribution in [3.63, 3.8) is 0 Å². The van der Waals surface area contributed by atoms with Crippen LogP contribution in [0.2, 0.25) is 0 Å². The Labute approximate surface area is 124 Å². The zero-order valence-electron chi connectivity index (χ0n) is 12.1. The summed E-state index contributed by atoms with van der Waals surface area (Å²) in [6.45, 7) is 3.61. The Morgan fingerprint density at radius 2 is 2.00 bits per heavy atom. The summed E-state index contributed by atoms with van der Waals surface area (Å²) in [7, 11) is 0. The quantitative estimate of drug-likeness (QED) is 0.530. The van der Waals surface area contributed by atoms with Crippen molar-refractivity contribution in [2.45, 2.75) is 13.8 Å². The first-order valence-corrected chi connectivity index (χ1v) is 6.81. The van der Waals surface area contributed by atoms with Crippen LogP contribution in [0.5, 0.6) is 0 Å². The first-order chi connectivity index (χ1) is 10.6. The van der Waals surface area contributed by atoms with Gasteiger partial charge in [-0.1, -0.05) is 0 Å². The molecule has 0 fully saturated rings. The van der Waals surface area contributed by atoms with Gasteiger partial charge in [0.05, 0.1) is 28.5 Å². The number of pyridine rings is 2. The number of fused-ring (bicyclic) bond motifs is 3. The molecule has 4 aromatic heterocycles. The molecule has 4 heterocycles. The Kier molecular flexibility index (Phi) is 2.56. The minimum absolute atomic E-state index is 0.148. The van der Waals surface area contributed by atoms with E-state index < -0.39 is 0 Å². The van der Waals surface area contributed by atoms with Gasteiger partial charge in [0.15, 0.2) is 0 Å². The minimum Gasteiger partial charge on any atom is -0.282 e. The summed E-state index contributed by atoms with van der Waals surface area (Å²) in [4.78, 5) is 25.5. The van der Waals surface area contributed by atoms with Gasteiger partial charge >= 0.3 is 0 Å². The van der Waals surface area contributed by atoms with E-state index in [9.17, 15) is 4.79 Å². The van der Waals surface area contributed by atoms with E-state index in [2.05, 4.69) is 20.1 Å². The van der Waals surface area contributed by atoms with Gasteiger partial charge in [-0.25, -0.2) is 4.98 Å². The maximum Gasteiger partial charge on any atom is 0.266 e. The van der Waals surface area contributed by atoms with Crippen LogP contribution in [0.3, 0.4) is 0 Å². The molecule has 0 N–H and O–H groups in total. The van der Waals surface area contributed by atoms with Crippen molar-refractivity contribution in [1.82, 2.24) is 29.1 Å². The molecule has 0 aromatic carbocycles. The lowest BCUT2D eigenvalue weighted by molar-refractivity contribution is 0.931. The second kappa shape index (κ2) is 4.45. The molecule has 7 nitrogen and oxygen atoms in total. The maximum atomic E-state index is 12.8. The Morgan fingerprint density at radius 1 is 1.14 bits per heavy atom. The molecule has 0 aliphatic carbocycles. The molecule has 4 rings (SSSR count). The van der Waals surface area contributed by atoms with Crippen LogP contribution < -0.4 is 5.56 Å². The molecule has 0 radical (unpaired) electrons. The first-order valence-electron chi connectivity index (χ1n) is 6.81. The van der Waals surface area contributed by atoms with Crippen molar-refractivity contribution in [3.8, 4) is 5.69 Å². The molecule has 108 valence electrons. The van der Waals surface area contributed by atoms with Crippen molar-refractivity contribution in [2.24, 2.45) is 0 Å². The van der Waals surface area contributed by atoms with Gasteiger partial charge in [0.1, 0.15) is 5.82 Å². The smallest absolute Gasteiger partial charge is 0.266 e. The van der Waals surface area contributed by atoms with Gasteiger partial charge in [-0.05, 0) is 32.0 Å². The highest BCUT2D eigenvalue weighted by Crippen LogP contribution is 2.15. The van der Waals surface area contributed by atoms with Gasteiger partial charge in [0, 0.05) is 12.4 Å². The van der Waals surface area contributed by atoms with Crippen LogP contribution >= 0.6 is 0 Å². The van der Waals surface area contributed by atoms with E-state index in [1.165, 1.54) is 0 Å². The highest BCUT2D eigenvalue weighted by atomic mass is 16.1. The van der Waals surface area contributed by atoms with Crippen LogP contribution in [-0.4, -0.2) is 29.1 Å². The molecule has 0 aliphatic rings. The van der Waals surface area contributed by atoms with Gasteiger partial charge in [0.25, 0.3) is 11.3 Å². The summed E-state index contributed by atoms with van der Waals surface area (Å²) in [5.74, 6) is 1.12. The number of aryl methyl sites for hydroxylation is 2. The van der Waals surface area contributed by atoms with Gasteiger partial charge in [0.2, 0.25) is 0 Å². The number of nitrogens with zero attached hydrogens (tertiary/aromatic N) is 6. The third kappa shape index (κ3) is 1.72. The molecule has 0 saturated heterocycles. The molecule has 0 bridgehead atoms. The SMILES string of the molecule is Cc1nc2nc(C)c3c(=O)n(-c4cccnc4)ccc3n2n1. The summed E-state index contributed by atoms with van der Waals surface area (Å²) in [6, 6.07) is 5.47. The average Bonchev–Trinajstić information content (AvgIpc) is 2.88. The molecule has 0 spiro atoms. The van der Waals surface area contributed by atoms with Crippen molar-refractivity contribution in [1.29, 1.82) is 0 Å². The second-order valence-corrected chi connectivity index (χ2v) is 5.03. The lowest BCUT2D eigenvalue weighted by atomic mass is 10.2. The maximum absolute atomic E-state index is 12.8. The van der Waals surface area contributed by atoms with Gasteiger partial charge in [-0.2, -0.15) is 9.50 Å². The zero-order valence-corrected chi connectivity index (χ0v) is 12.1. The topological polar surface area (TPSA) is 78.0 Å². The fraction of sp³-hybridized carbons (Fsp3) is 0.133. The van der Waals surface area contributed by atoms with E-state index >= 15 is 0 Å². The van der Waals surface area contributed by atoms with Crippen molar-refractivity contribution >= 4 is 16.7 Å². The molecule has 0 saturated carbocycles. The van der Waals surface area contributed by atoms with E-state index in [4.69, 9.17) is 0 Å². The van der Waals surface area contributed by atoms with E-state index in [-0.39, 0.29) is 5.56 Å². The predicted molar refractivity (Wildman–Crippen MR) is 81.2 cm³/mol. The summed E-state index contributed by atoms with van der Waals surface area (Å²) in [5.41, 5.74) is 1.90. The Hall–Kier alpha value is -3.09. The molecule has 0 unspecified atom stereocenters. The summed E-state index contributed by atoms with van der Waals surface area (Å²) in [5, 5.41) is 4.84. The number of rotatable bonds is 1. The lowest BCUT2D eigenvalue weighted by Gasteiger charge is -2.08. The van der Waals surface area contributed by atoms with E-state index in [0.29, 0.717) is 33.9 Å². The molecular weight excluding hydrogens is 280 g/mol. The van der Waals surface area contributed by atoms with Crippen molar-refractivity contribution in [3.05, 3.63) is 58.7 Å². The number of hydrogen-bond donors (Lipinski definition) is 0. The van der Waals surface area contributed by atoms with Crippen molar-refractivity contribution in [2.75, 3.05) is 0 Å². The molecule has 4 aromatic rings. The van der Waals surface area contributed by atoms with Crippen LogP contribution in [0.1, 0.15) is 11.5 Å². The molecule has 0 amide bonds. The van der Waals surface area contributed by atoms with Crippen molar-refractivity contribution < 1.29 is 0 Å². The van der Waals surface area contributed by atoms with E-state index in [1.807, 2.05) is 12.1 Å². The highest BCUT2D eigenvalue weighted by Gasteiger charge is 2.13. The van der Waals surface area contributed by atoms with Crippen LogP contribution in [0.4, 0.5) is 0 Å². The van der Waals surface area contributed by atoms with Gasteiger partial charge in [-0.15, -0.1) is 5.10 Å². The fourth-order valence-electron chi connectivity index (χ4n) is 2.59. The standard InChI is InChI=1S/C15H12N6O/c1-9-13-12(21-15(17-9)18-10(2)19-21)5-7-20(14(13)22)11-4-3-6-16-8-11/h3-8H,1-2H3. The monoisotopic (exact) mass is 292 g/mol. The van der Waals surface area contributed by atoms with E-state index in [1.54, 1.807) is 47.6 Å². The predicted octanol–water partition coefficient (Wildman–Crippen LogP) is 1.44. The lowest BCUT2D eigenvalue weighted by Crippen LogP contribution is -2.20. The Balaban J connectivity index is 2.14. The average molecular weight is 292 g/mol. The van der Waals surface area contributed by atoms with Crippen LogP contribution in [0.15, 0.2) is 41.6 Å². The van der Waals surface area contributed by atoms with Gasteiger partial charge < -0.3 is 0 Å². The molecule has 7 heteroatoms. The minimum atomic E-state index is -0.148. The number of hydrogen-bond acceptors (Lipinski definition) is 5. The Bertz CT molecular complexity index is 1060. The summed E-state index contributed by atoms with van der Waals surface area (Å²) < 4.78 is 3.16. The van der Waals surface area contributed by atoms with E-state index in [0.717, 1.165) is 0 Å². The van der Waals surface area contributed by atoms with Gasteiger partial charge in [-0.3, -0.25) is 14.3 Å². The van der Waals surface area contributed by atoms with Crippen LogP contribution in [0.25, 0.3) is 22.4 Å². The number of aromatic nitrogens is 6.